The topological polar surface area (TPSA) is 49.5 Å². The van der Waals surface area contributed by atoms with Crippen molar-refractivity contribution in [3.05, 3.63) is 0 Å². The van der Waals surface area contributed by atoms with Crippen LogP contribution in [-0.2, 0) is 23.4 Å². The number of rotatable bonds is 8. The summed E-state index contributed by atoms with van der Waals surface area (Å²) in [6.45, 7) is 2.12. The molecular formula is C13H26O5Si. The Morgan fingerprint density at radius 1 is 1.21 bits per heavy atom. The molecule has 0 aromatic rings. The molecule has 0 aromatic heterocycles. The maximum absolute atomic E-state index is 5.96. The highest BCUT2D eigenvalue weighted by molar-refractivity contribution is 6.26. The Hall–Kier alpha value is 0.0169. The SMILES string of the molecule is CC[SiH2]OC(OC)(OC)C(OC)C1CCC2OC2C1. The maximum atomic E-state index is 5.96. The average molecular weight is 290 g/mol. The third-order valence-electron chi connectivity index (χ3n) is 4.15. The van der Waals surface area contributed by atoms with Gasteiger partial charge in [0.25, 0.3) is 0 Å². The molecule has 6 heteroatoms. The average Bonchev–Trinajstić information content (AvgIpc) is 3.22. The summed E-state index contributed by atoms with van der Waals surface area (Å²) >= 11 is 0. The van der Waals surface area contributed by atoms with Crippen molar-refractivity contribution < 1.29 is 23.4 Å². The van der Waals surface area contributed by atoms with E-state index in [1.54, 1.807) is 21.3 Å². The first kappa shape index (κ1) is 15.4. The second kappa shape index (κ2) is 6.65. The van der Waals surface area contributed by atoms with Crippen LogP contribution in [0.4, 0.5) is 0 Å². The van der Waals surface area contributed by atoms with Crippen LogP contribution >= 0.6 is 0 Å². The third kappa shape index (κ3) is 3.20. The van der Waals surface area contributed by atoms with Gasteiger partial charge in [-0.3, -0.25) is 0 Å². The second-order valence-electron chi connectivity index (χ2n) is 5.30. The Balaban J connectivity index is 2.06. The molecule has 1 aliphatic carbocycles. The lowest BCUT2D eigenvalue weighted by Gasteiger charge is -2.41. The number of methoxy groups -OCH3 is 3. The fraction of sp³-hybridized carbons (Fsp3) is 1.00. The zero-order valence-corrected chi connectivity index (χ0v) is 13.8. The highest BCUT2D eigenvalue weighted by atomic mass is 28.2. The fourth-order valence-electron chi connectivity index (χ4n) is 3.10. The molecule has 1 heterocycles. The van der Waals surface area contributed by atoms with Gasteiger partial charge in [-0.1, -0.05) is 6.92 Å². The number of hydrogen-bond acceptors (Lipinski definition) is 5. The second-order valence-corrected chi connectivity index (χ2v) is 7.00. The summed E-state index contributed by atoms with van der Waals surface area (Å²) in [6.07, 6.45) is 3.88. The first-order valence-electron chi connectivity index (χ1n) is 7.13. The lowest BCUT2D eigenvalue weighted by atomic mass is 9.84. The molecular weight excluding hydrogens is 264 g/mol. The van der Waals surface area contributed by atoms with Crippen LogP contribution in [0.5, 0.6) is 0 Å². The van der Waals surface area contributed by atoms with Gasteiger partial charge in [-0.25, -0.2) is 0 Å². The molecule has 0 N–H and O–H groups in total. The Kier molecular flexibility index (Phi) is 5.39. The summed E-state index contributed by atoms with van der Waals surface area (Å²) in [7, 11) is 4.29. The van der Waals surface area contributed by atoms with Crippen molar-refractivity contribution in [1.82, 2.24) is 0 Å². The van der Waals surface area contributed by atoms with E-state index in [2.05, 4.69) is 6.92 Å². The zero-order chi connectivity index (χ0) is 13.9. The van der Waals surface area contributed by atoms with Crippen molar-refractivity contribution >= 4 is 9.76 Å². The van der Waals surface area contributed by atoms with Crippen LogP contribution in [0.1, 0.15) is 26.2 Å². The highest BCUT2D eigenvalue weighted by Crippen LogP contribution is 2.43. The Morgan fingerprint density at radius 3 is 2.47 bits per heavy atom. The molecule has 0 radical (unpaired) electrons. The lowest BCUT2D eigenvalue weighted by molar-refractivity contribution is -0.375. The Labute approximate surface area is 117 Å². The summed E-state index contributed by atoms with van der Waals surface area (Å²) < 4.78 is 28.4. The van der Waals surface area contributed by atoms with Crippen LogP contribution in [0.25, 0.3) is 0 Å². The molecule has 1 saturated carbocycles. The summed E-state index contributed by atoms with van der Waals surface area (Å²) in [6, 6.07) is 1.05. The van der Waals surface area contributed by atoms with Gasteiger partial charge in [0, 0.05) is 21.3 Å². The number of ether oxygens (including phenoxy) is 4. The van der Waals surface area contributed by atoms with E-state index >= 15 is 0 Å². The third-order valence-corrected chi connectivity index (χ3v) is 5.17. The minimum absolute atomic E-state index is 0.202. The predicted octanol–water partition coefficient (Wildman–Crippen LogP) is 1.05. The standard InChI is InChI=1S/C13H26O5Si/c1-5-19-18-13(15-3,16-4)12(14-2)9-6-7-10-11(8-9)17-10/h9-12H,5-8,19H2,1-4H3. The molecule has 4 unspecified atom stereocenters. The van der Waals surface area contributed by atoms with E-state index in [1.165, 1.54) is 0 Å². The van der Waals surface area contributed by atoms with E-state index < -0.39 is 15.7 Å². The number of hydrogen-bond donors (Lipinski definition) is 0. The van der Waals surface area contributed by atoms with Crippen molar-refractivity contribution in [2.45, 2.75) is 56.5 Å². The minimum atomic E-state index is -1.05. The Morgan fingerprint density at radius 2 is 1.95 bits per heavy atom. The van der Waals surface area contributed by atoms with Gasteiger partial charge in [-0.05, 0) is 31.2 Å². The van der Waals surface area contributed by atoms with Crippen LogP contribution in [-0.4, -0.2) is 55.4 Å². The van der Waals surface area contributed by atoms with E-state index in [0.29, 0.717) is 18.1 Å². The van der Waals surface area contributed by atoms with Gasteiger partial charge in [0.1, 0.15) is 6.10 Å². The van der Waals surface area contributed by atoms with Crippen LogP contribution in [0.2, 0.25) is 6.04 Å². The molecule has 1 aliphatic heterocycles. The summed E-state index contributed by atoms with van der Waals surface area (Å²) in [4.78, 5) is 0. The smallest absolute Gasteiger partial charge is 0.300 e. The highest BCUT2D eigenvalue weighted by Gasteiger charge is 2.52. The van der Waals surface area contributed by atoms with Crippen molar-refractivity contribution in [3.63, 3.8) is 0 Å². The van der Waals surface area contributed by atoms with Gasteiger partial charge in [-0.2, -0.15) is 0 Å². The molecule has 0 spiro atoms. The van der Waals surface area contributed by atoms with Crippen LogP contribution < -0.4 is 0 Å². The zero-order valence-electron chi connectivity index (χ0n) is 12.4. The molecule has 2 rings (SSSR count). The molecule has 1 saturated heterocycles. The molecule has 2 aliphatic rings. The Bertz CT molecular complexity index is 284. The molecule has 0 aromatic carbocycles. The van der Waals surface area contributed by atoms with Gasteiger partial charge >= 0.3 is 5.97 Å². The van der Waals surface area contributed by atoms with Crippen LogP contribution in [0, 0.1) is 5.92 Å². The molecule has 112 valence electrons. The van der Waals surface area contributed by atoms with E-state index in [1.807, 2.05) is 0 Å². The normalized spacial score (nSPS) is 32.5. The largest absolute Gasteiger partial charge is 0.374 e. The predicted molar refractivity (Wildman–Crippen MR) is 73.7 cm³/mol. The van der Waals surface area contributed by atoms with Gasteiger partial charge in [0.15, 0.2) is 9.76 Å². The van der Waals surface area contributed by atoms with E-state index in [0.717, 1.165) is 25.3 Å². The quantitative estimate of drug-likeness (QED) is 0.380. The maximum Gasteiger partial charge on any atom is 0.300 e. The monoisotopic (exact) mass is 290 g/mol. The van der Waals surface area contributed by atoms with E-state index in [9.17, 15) is 0 Å². The van der Waals surface area contributed by atoms with E-state index in [-0.39, 0.29) is 6.10 Å². The minimum Gasteiger partial charge on any atom is -0.374 e. The summed E-state index contributed by atoms with van der Waals surface area (Å²) in [5.41, 5.74) is 0. The van der Waals surface area contributed by atoms with Gasteiger partial charge < -0.3 is 23.4 Å². The van der Waals surface area contributed by atoms with Gasteiger partial charge in [0.05, 0.1) is 12.2 Å². The first-order valence-corrected chi connectivity index (χ1v) is 8.71. The van der Waals surface area contributed by atoms with Gasteiger partial charge in [-0.15, -0.1) is 0 Å². The molecule has 2 fully saturated rings. The molecule has 4 atom stereocenters. The first-order chi connectivity index (χ1) is 9.20. The van der Waals surface area contributed by atoms with Crippen molar-refractivity contribution in [1.29, 1.82) is 0 Å². The number of epoxide rings is 1. The molecule has 19 heavy (non-hydrogen) atoms. The lowest BCUT2D eigenvalue weighted by Crippen LogP contribution is -2.54. The number of fused-ring (bicyclic) bond motifs is 1. The van der Waals surface area contributed by atoms with Crippen molar-refractivity contribution in [2.24, 2.45) is 5.92 Å². The fourth-order valence-corrected chi connectivity index (χ4v) is 3.98. The van der Waals surface area contributed by atoms with Crippen LogP contribution in [0.3, 0.4) is 0 Å². The van der Waals surface area contributed by atoms with E-state index in [4.69, 9.17) is 23.4 Å². The van der Waals surface area contributed by atoms with Crippen molar-refractivity contribution in [3.8, 4) is 0 Å². The molecule has 5 nitrogen and oxygen atoms in total. The summed E-state index contributed by atoms with van der Waals surface area (Å²) in [5, 5.41) is 0. The molecule has 0 amide bonds. The summed E-state index contributed by atoms with van der Waals surface area (Å²) in [5.74, 6) is -0.692. The van der Waals surface area contributed by atoms with Crippen LogP contribution in [0.15, 0.2) is 0 Å². The molecule has 0 bridgehead atoms. The van der Waals surface area contributed by atoms with Gasteiger partial charge in [0.2, 0.25) is 0 Å². The van der Waals surface area contributed by atoms with Crippen molar-refractivity contribution in [2.75, 3.05) is 21.3 Å².